The van der Waals surface area contributed by atoms with Gasteiger partial charge in [0.05, 0.1) is 18.2 Å². The number of hydrogen-bond donors (Lipinski definition) is 0. The molecular formula is C7H6ClN3O2. The first-order valence-electron chi connectivity index (χ1n) is 3.56. The number of hydrogen-bond acceptors (Lipinski definition) is 5. The highest BCUT2D eigenvalue weighted by Gasteiger charge is 2.15. The molecule has 0 spiro atoms. The van der Waals surface area contributed by atoms with Crippen molar-refractivity contribution in [3.63, 3.8) is 0 Å². The normalized spacial score (nSPS) is 10.7. The standard InChI is InChI=1S/C7H6ClN3O2/c1-3-4-5(13-11-3)7(12-2)10-9-6(4)8/h1-2H3. The summed E-state index contributed by atoms with van der Waals surface area (Å²) in [5.74, 6) is 0.292. The van der Waals surface area contributed by atoms with Gasteiger partial charge in [0.15, 0.2) is 5.15 Å². The van der Waals surface area contributed by atoms with Crippen molar-refractivity contribution < 1.29 is 9.26 Å². The minimum atomic E-state index is 0.273. The van der Waals surface area contributed by atoms with Crippen molar-refractivity contribution in [2.45, 2.75) is 6.92 Å². The molecular weight excluding hydrogens is 194 g/mol. The highest BCUT2D eigenvalue weighted by Crippen LogP contribution is 2.29. The molecule has 0 bridgehead atoms. The van der Waals surface area contributed by atoms with Crippen LogP contribution in [0.1, 0.15) is 5.69 Å². The molecule has 0 aliphatic carbocycles. The van der Waals surface area contributed by atoms with Gasteiger partial charge >= 0.3 is 0 Å². The third-order valence-electron chi connectivity index (χ3n) is 1.69. The van der Waals surface area contributed by atoms with Gasteiger partial charge in [0, 0.05) is 0 Å². The van der Waals surface area contributed by atoms with E-state index in [1.807, 2.05) is 0 Å². The summed E-state index contributed by atoms with van der Waals surface area (Å²) in [7, 11) is 1.48. The zero-order valence-corrected chi connectivity index (χ0v) is 7.79. The second-order valence-corrected chi connectivity index (χ2v) is 2.83. The molecule has 0 aliphatic rings. The Hall–Kier alpha value is -1.36. The molecule has 0 fully saturated rings. The largest absolute Gasteiger partial charge is 0.477 e. The summed E-state index contributed by atoms with van der Waals surface area (Å²) in [6.45, 7) is 1.78. The van der Waals surface area contributed by atoms with Crippen LogP contribution in [0, 0.1) is 6.92 Å². The molecule has 2 rings (SSSR count). The predicted molar refractivity (Wildman–Crippen MR) is 45.9 cm³/mol. The molecule has 2 aromatic heterocycles. The first kappa shape index (κ1) is 8.25. The van der Waals surface area contributed by atoms with Crippen molar-refractivity contribution >= 4 is 22.6 Å². The van der Waals surface area contributed by atoms with Crippen LogP contribution in [0.5, 0.6) is 5.88 Å². The van der Waals surface area contributed by atoms with Gasteiger partial charge in [0.2, 0.25) is 5.58 Å². The summed E-state index contributed by atoms with van der Waals surface area (Å²) in [5, 5.41) is 12.1. The van der Waals surface area contributed by atoms with Gasteiger partial charge < -0.3 is 9.26 Å². The molecule has 68 valence electrons. The quantitative estimate of drug-likeness (QED) is 0.698. The van der Waals surface area contributed by atoms with E-state index in [1.165, 1.54) is 7.11 Å². The molecule has 0 atom stereocenters. The predicted octanol–water partition coefficient (Wildman–Crippen LogP) is 1.59. The first-order valence-corrected chi connectivity index (χ1v) is 3.94. The van der Waals surface area contributed by atoms with Crippen molar-refractivity contribution in [1.82, 2.24) is 15.4 Å². The molecule has 0 unspecified atom stereocenters. The Kier molecular flexibility index (Phi) is 1.81. The zero-order chi connectivity index (χ0) is 9.42. The van der Waals surface area contributed by atoms with Crippen LogP contribution in [-0.4, -0.2) is 22.5 Å². The van der Waals surface area contributed by atoms with E-state index in [4.69, 9.17) is 20.9 Å². The molecule has 2 aromatic rings. The summed E-state index contributed by atoms with van der Waals surface area (Å²) in [6, 6.07) is 0. The Balaban J connectivity index is 2.87. The van der Waals surface area contributed by atoms with E-state index in [2.05, 4.69) is 15.4 Å². The molecule has 0 amide bonds. The smallest absolute Gasteiger partial charge is 0.280 e. The lowest BCUT2D eigenvalue weighted by atomic mass is 10.3. The molecule has 13 heavy (non-hydrogen) atoms. The molecule has 0 N–H and O–H groups in total. The number of aryl methyl sites for hydroxylation is 1. The Morgan fingerprint density at radius 2 is 2.15 bits per heavy atom. The average molecular weight is 200 g/mol. The van der Waals surface area contributed by atoms with E-state index in [0.717, 1.165) is 0 Å². The number of methoxy groups -OCH3 is 1. The Bertz CT molecular complexity index is 454. The number of aromatic nitrogens is 3. The maximum atomic E-state index is 5.80. The van der Waals surface area contributed by atoms with Gasteiger partial charge in [-0.3, -0.25) is 0 Å². The number of rotatable bonds is 1. The first-order chi connectivity index (χ1) is 6.24. The van der Waals surface area contributed by atoms with E-state index in [-0.39, 0.29) is 5.15 Å². The van der Waals surface area contributed by atoms with Crippen molar-refractivity contribution in [3.8, 4) is 5.88 Å². The zero-order valence-electron chi connectivity index (χ0n) is 7.04. The average Bonchev–Trinajstić information content (AvgIpc) is 2.50. The van der Waals surface area contributed by atoms with Gasteiger partial charge in [0.25, 0.3) is 5.88 Å². The second kappa shape index (κ2) is 2.85. The van der Waals surface area contributed by atoms with Crippen LogP contribution in [-0.2, 0) is 0 Å². The third-order valence-corrected chi connectivity index (χ3v) is 1.95. The van der Waals surface area contributed by atoms with Crippen molar-refractivity contribution in [1.29, 1.82) is 0 Å². The van der Waals surface area contributed by atoms with Gasteiger partial charge in [-0.25, -0.2) is 0 Å². The fourth-order valence-corrected chi connectivity index (χ4v) is 1.34. The van der Waals surface area contributed by atoms with E-state index in [1.54, 1.807) is 6.92 Å². The van der Waals surface area contributed by atoms with Crippen LogP contribution < -0.4 is 4.74 Å². The molecule has 6 heteroatoms. The monoisotopic (exact) mass is 199 g/mol. The molecule has 0 saturated heterocycles. The summed E-state index contributed by atoms with van der Waals surface area (Å²) in [5.41, 5.74) is 1.10. The lowest BCUT2D eigenvalue weighted by Crippen LogP contribution is -1.91. The van der Waals surface area contributed by atoms with Crippen LogP contribution in [0.15, 0.2) is 4.52 Å². The van der Waals surface area contributed by atoms with Crippen LogP contribution in [0.3, 0.4) is 0 Å². The van der Waals surface area contributed by atoms with Crippen LogP contribution >= 0.6 is 11.6 Å². The Morgan fingerprint density at radius 3 is 2.85 bits per heavy atom. The van der Waals surface area contributed by atoms with Crippen LogP contribution in [0.2, 0.25) is 5.15 Å². The molecule has 0 saturated carbocycles. The minimum Gasteiger partial charge on any atom is -0.477 e. The second-order valence-electron chi connectivity index (χ2n) is 2.47. The molecule has 0 aromatic carbocycles. The number of fused-ring (bicyclic) bond motifs is 1. The van der Waals surface area contributed by atoms with E-state index < -0.39 is 0 Å². The van der Waals surface area contributed by atoms with Crippen molar-refractivity contribution in [3.05, 3.63) is 10.8 Å². The molecule has 0 radical (unpaired) electrons. The van der Waals surface area contributed by atoms with Gasteiger partial charge in [-0.2, -0.15) is 0 Å². The van der Waals surface area contributed by atoms with Crippen molar-refractivity contribution in [2.24, 2.45) is 0 Å². The summed E-state index contributed by atoms with van der Waals surface area (Å²) in [4.78, 5) is 0. The topological polar surface area (TPSA) is 61.0 Å². The van der Waals surface area contributed by atoms with Crippen LogP contribution in [0.25, 0.3) is 11.0 Å². The lowest BCUT2D eigenvalue weighted by molar-refractivity contribution is 0.374. The number of ether oxygens (including phenoxy) is 1. The maximum absolute atomic E-state index is 5.80. The molecule has 2 heterocycles. The lowest BCUT2D eigenvalue weighted by Gasteiger charge is -1.96. The van der Waals surface area contributed by atoms with Gasteiger partial charge in [-0.05, 0) is 6.92 Å². The number of halogens is 1. The van der Waals surface area contributed by atoms with Crippen LogP contribution in [0.4, 0.5) is 0 Å². The van der Waals surface area contributed by atoms with Crippen molar-refractivity contribution in [2.75, 3.05) is 7.11 Å². The maximum Gasteiger partial charge on any atom is 0.280 e. The fourth-order valence-electron chi connectivity index (χ4n) is 1.08. The van der Waals surface area contributed by atoms with Gasteiger partial charge in [0.1, 0.15) is 0 Å². The molecule has 0 aliphatic heterocycles. The Morgan fingerprint density at radius 1 is 1.38 bits per heavy atom. The Labute approximate surface area is 78.6 Å². The highest BCUT2D eigenvalue weighted by atomic mass is 35.5. The summed E-state index contributed by atoms with van der Waals surface area (Å²) >= 11 is 5.80. The van der Waals surface area contributed by atoms with Gasteiger partial charge in [-0.15, -0.1) is 10.2 Å². The third kappa shape index (κ3) is 1.12. The minimum absolute atomic E-state index is 0.273. The summed E-state index contributed by atoms with van der Waals surface area (Å²) in [6.07, 6.45) is 0. The molecule has 5 nitrogen and oxygen atoms in total. The van der Waals surface area contributed by atoms with E-state index >= 15 is 0 Å². The fraction of sp³-hybridized carbons (Fsp3) is 0.286. The summed E-state index contributed by atoms with van der Waals surface area (Å²) < 4.78 is 9.92. The number of nitrogens with zero attached hydrogens (tertiary/aromatic N) is 3. The van der Waals surface area contributed by atoms with E-state index in [9.17, 15) is 0 Å². The SMILES string of the molecule is COc1nnc(Cl)c2c(C)noc12. The van der Waals surface area contributed by atoms with Gasteiger partial charge in [-0.1, -0.05) is 16.8 Å². The highest BCUT2D eigenvalue weighted by molar-refractivity contribution is 6.34. The van der Waals surface area contributed by atoms with E-state index in [0.29, 0.717) is 22.5 Å².